The Labute approximate surface area is 278 Å². The molecule has 0 heterocycles. The molecule has 0 aliphatic heterocycles. The lowest BCUT2D eigenvalue weighted by Crippen LogP contribution is -2.05. The van der Waals surface area contributed by atoms with E-state index in [2.05, 4.69) is 26.0 Å². The lowest BCUT2D eigenvalue weighted by Gasteiger charge is -2.05. The fraction of sp³-hybridized carbons (Fsp3) is 0.929. The molecule has 2 heteroatoms. The molecule has 0 rings (SSSR count). The molecule has 0 saturated carbocycles. The smallest absolute Gasteiger partial charge is 0.305 e. The number of esters is 1. The van der Waals surface area contributed by atoms with Crippen molar-refractivity contribution in [2.45, 2.75) is 245 Å². The van der Waals surface area contributed by atoms with E-state index in [0.717, 1.165) is 12.8 Å². The highest BCUT2D eigenvalue weighted by atomic mass is 16.5. The molecule has 0 atom stereocenters. The molecule has 0 radical (unpaired) electrons. The number of unbranched alkanes of at least 4 members (excludes halogenated alkanes) is 32. The zero-order valence-corrected chi connectivity index (χ0v) is 30.6. The molecule has 0 N–H and O–H groups in total. The van der Waals surface area contributed by atoms with E-state index in [1.807, 2.05) is 0 Å². The lowest BCUT2D eigenvalue weighted by atomic mass is 10.0. The molecule has 0 bridgehead atoms. The molecule has 0 aliphatic rings. The van der Waals surface area contributed by atoms with Crippen LogP contribution in [0.1, 0.15) is 245 Å². The average Bonchev–Trinajstić information content (AvgIpc) is 3.03. The van der Waals surface area contributed by atoms with Crippen molar-refractivity contribution in [2.24, 2.45) is 0 Å². The van der Waals surface area contributed by atoms with Gasteiger partial charge in [-0.15, -0.1) is 0 Å². The van der Waals surface area contributed by atoms with Crippen molar-refractivity contribution in [1.82, 2.24) is 0 Å². The van der Waals surface area contributed by atoms with E-state index in [1.165, 1.54) is 212 Å². The highest BCUT2D eigenvalue weighted by Gasteiger charge is 2.02. The van der Waals surface area contributed by atoms with E-state index in [9.17, 15) is 4.79 Å². The zero-order valence-electron chi connectivity index (χ0n) is 30.6. The zero-order chi connectivity index (χ0) is 31.9. The maximum Gasteiger partial charge on any atom is 0.305 e. The van der Waals surface area contributed by atoms with Crippen LogP contribution >= 0.6 is 0 Å². The molecular formula is C42H82O2. The van der Waals surface area contributed by atoms with Crippen LogP contribution in [0.2, 0.25) is 0 Å². The summed E-state index contributed by atoms with van der Waals surface area (Å²) in [6, 6.07) is 0. The third-order valence-corrected chi connectivity index (χ3v) is 9.40. The number of allylic oxidation sites excluding steroid dienone is 2. The Morgan fingerprint density at radius 2 is 0.636 bits per heavy atom. The number of carbonyl (C=O) groups is 1. The molecule has 262 valence electrons. The second-order valence-corrected chi connectivity index (χ2v) is 14.0. The van der Waals surface area contributed by atoms with Crippen LogP contribution in [-0.4, -0.2) is 12.6 Å². The molecule has 0 saturated heterocycles. The van der Waals surface area contributed by atoms with Gasteiger partial charge < -0.3 is 4.74 Å². The molecule has 0 fully saturated rings. The van der Waals surface area contributed by atoms with Crippen molar-refractivity contribution in [3.05, 3.63) is 12.2 Å². The van der Waals surface area contributed by atoms with E-state index >= 15 is 0 Å². The van der Waals surface area contributed by atoms with Gasteiger partial charge in [-0.2, -0.15) is 0 Å². The summed E-state index contributed by atoms with van der Waals surface area (Å²) in [4.78, 5) is 12.0. The predicted octanol–water partition coefficient (Wildman–Crippen LogP) is 15.2. The summed E-state index contributed by atoms with van der Waals surface area (Å²) in [5.74, 6) is 0.0196. The third kappa shape index (κ3) is 39.2. The standard InChI is InChI=1S/C42H82O2/c1-3-5-7-9-11-13-15-17-19-20-21-22-23-24-25-26-27-28-30-32-34-36-38-40-42(43)44-41-39-37-35-33-31-29-18-16-14-12-10-8-6-4-2/h18,29H,3-17,19-28,30-41H2,1-2H3. The molecule has 0 aliphatic carbocycles. The van der Waals surface area contributed by atoms with Gasteiger partial charge in [-0.1, -0.05) is 212 Å². The van der Waals surface area contributed by atoms with Crippen molar-refractivity contribution in [3.8, 4) is 0 Å². The normalized spacial score (nSPS) is 11.6. The summed E-state index contributed by atoms with van der Waals surface area (Å²) >= 11 is 0. The molecule has 0 aromatic carbocycles. The molecule has 0 aromatic heterocycles. The van der Waals surface area contributed by atoms with Crippen molar-refractivity contribution >= 4 is 5.97 Å². The van der Waals surface area contributed by atoms with E-state index in [1.54, 1.807) is 0 Å². The van der Waals surface area contributed by atoms with Gasteiger partial charge in [0.25, 0.3) is 0 Å². The first-order valence-corrected chi connectivity index (χ1v) is 20.6. The van der Waals surface area contributed by atoms with Gasteiger partial charge in [0, 0.05) is 6.42 Å². The van der Waals surface area contributed by atoms with Crippen LogP contribution in [0.4, 0.5) is 0 Å². The van der Waals surface area contributed by atoms with Crippen LogP contribution in [0.25, 0.3) is 0 Å². The van der Waals surface area contributed by atoms with Gasteiger partial charge in [-0.25, -0.2) is 0 Å². The Hall–Kier alpha value is -0.790. The van der Waals surface area contributed by atoms with Crippen LogP contribution in [0, 0.1) is 0 Å². The van der Waals surface area contributed by atoms with Gasteiger partial charge in [0.05, 0.1) is 6.61 Å². The lowest BCUT2D eigenvalue weighted by molar-refractivity contribution is -0.143. The molecule has 0 amide bonds. The second-order valence-electron chi connectivity index (χ2n) is 14.0. The summed E-state index contributed by atoms with van der Waals surface area (Å²) in [5, 5.41) is 0. The van der Waals surface area contributed by atoms with Crippen LogP contribution in [-0.2, 0) is 9.53 Å². The Bertz CT molecular complexity index is 554. The van der Waals surface area contributed by atoms with Crippen LogP contribution in [0.5, 0.6) is 0 Å². The quantitative estimate of drug-likeness (QED) is 0.0391. The molecule has 0 aromatic rings. The monoisotopic (exact) mass is 619 g/mol. The second kappa shape index (κ2) is 40.2. The molecule has 0 spiro atoms. The van der Waals surface area contributed by atoms with Crippen molar-refractivity contribution in [3.63, 3.8) is 0 Å². The minimum absolute atomic E-state index is 0.0196. The topological polar surface area (TPSA) is 26.3 Å². The van der Waals surface area contributed by atoms with Crippen molar-refractivity contribution in [1.29, 1.82) is 0 Å². The summed E-state index contributed by atoms with van der Waals surface area (Å²) in [5.41, 5.74) is 0. The summed E-state index contributed by atoms with van der Waals surface area (Å²) in [6.07, 6.45) is 53.0. The van der Waals surface area contributed by atoms with Gasteiger partial charge in [-0.05, 0) is 38.5 Å². The first kappa shape index (κ1) is 43.2. The van der Waals surface area contributed by atoms with Gasteiger partial charge in [0.15, 0.2) is 0 Å². The SMILES string of the molecule is CCCCCCCCC=CCCCCCCOC(=O)CCCCCCCCCCCCCCCCCCCCCCCCC. The maximum absolute atomic E-state index is 12.0. The Kier molecular flexibility index (Phi) is 39.5. The summed E-state index contributed by atoms with van der Waals surface area (Å²) in [7, 11) is 0. The number of carbonyl (C=O) groups excluding carboxylic acids is 1. The fourth-order valence-electron chi connectivity index (χ4n) is 6.31. The highest BCUT2D eigenvalue weighted by Crippen LogP contribution is 2.16. The van der Waals surface area contributed by atoms with Gasteiger partial charge in [-0.3, -0.25) is 4.79 Å². The van der Waals surface area contributed by atoms with E-state index in [-0.39, 0.29) is 5.97 Å². The number of hydrogen-bond donors (Lipinski definition) is 0. The average molecular weight is 619 g/mol. The Morgan fingerprint density at radius 3 is 0.977 bits per heavy atom. The van der Waals surface area contributed by atoms with E-state index < -0.39 is 0 Å². The van der Waals surface area contributed by atoms with E-state index in [0.29, 0.717) is 13.0 Å². The van der Waals surface area contributed by atoms with Gasteiger partial charge >= 0.3 is 5.97 Å². The first-order valence-electron chi connectivity index (χ1n) is 20.6. The Balaban J connectivity index is 3.17. The summed E-state index contributed by atoms with van der Waals surface area (Å²) < 4.78 is 5.45. The number of rotatable bonds is 38. The van der Waals surface area contributed by atoms with Crippen molar-refractivity contribution in [2.75, 3.05) is 6.61 Å². The Morgan fingerprint density at radius 1 is 0.364 bits per heavy atom. The molecular weight excluding hydrogens is 536 g/mol. The van der Waals surface area contributed by atoms with Crippen LogP contribution in [0.15, 0.2) is 12.2 Å². The third-order valence-electron chi connectivity index (χ3n) is 9.40. The van der Waals surface area contributed by atoms with Crippen molar-refractivity contribution < 1.29 is 9.53 Å². The highest BCUT2D eigenvalue weighted by molar-refractivity contribution is 5.69. The van der Waals surface area contributed by atoms with Gasteiger partial charge in [0.1, 0.15) is 0 Å². The van der Waals surface area contributed by atoms with E-state index in [4.69, 9.17) is 4.74 Å². The molecule has 2 nitrogen and oxygen atoms in total. The van der Waals surface area contributed by atoms with Gasteiger partial charge in [0.2, 0.25) is 0 Å². The molecule has 0 unspecified atom stereocenters. The number of hydrogen-bond acceptors (Lipinski definition) is 2. The van der Waals surface area contributed by atoms with Crippen LogP contribution < -0.4 is 0 Å². The molecule has 44 heavy (non-hydrogen) atoms. The van der Waals surface area contributed by atoms with Crippen LogP contribution in [0.3, 0.4) is 0 Å². The number of ether oxygens (including phenoxy) is 1. The minimum Gasteiger partial charge on any atom is -0.466 e. The first-order chi connectivity index (χ1) is 21.8. The fourth-order valence-corrected chi connectivity index (χ4v) is 6.31. The largest absolute Gasteiger partial charge is 0.466 e. The maximum atomic E-state index is 12.0. The predicted molar refractivity (Wildman–Crippen MR) is 198 cm³/mol. The minimum atomic E-state index is 0.0196. The summed E-state index contributed by atoms with van der Waals surface area (Å²) in [6.45, 7) is 5.20.